The first-order valence-electron chi connectivity index (χ1n) is 8.13. The summed E-state index contributed by atoms with van der Waals surface area (Å²) in [4.78, 5) is 16.8. The number of aromatic nitrogens is 3. The summed E-state index contributed by atoms with van der Waals surface area (Å²) in [5.74, 6) is 0.624. The van der Waals surface area contributed by atoms with Crippen molar-refractivity contribution in [2.45, 2.75) is 13.8 Å². The van der Waals surface area contributed by atoms with Crippen LogP contribution in [0.25, 0.3) is 5.69 Å². The molecule has 122 valence electrons. The van der Waals surface area contributed by atoms with Gasteiger partial charge in [0.2, 0.25) is 0 Å². The van der Waals surface area contributed by atoms with Crippen molar-refractivity contribution in [3.8, 4) is 5.69 Å². The summed E-state index contributed by atoms with van der Waals surface area (Å²) < 4.78 is 1.64. The Kier molecular flexibility index (Phi) is 4.71. The first kappa shape index (κ1) is 15.7. The summed E-state index contributed by atoms with van der Waals surface area (Å²) >= 11 is 0. The molecule has 1 amide bonds. The van der Waals surface area contributed by atoms with E-state index in [2.05, 4.69) is 29.1 Å². The molecule has 0 spiro atoms. The second-order valence-corrected chi connectivity index (χ2v) is 6.37. The van der Waals surface area contributed by atoms with Gasteiger partial charge in [-0.25, -0.2) is 4.68 Å². The van der Waals surface area contributed by atoms with Crippen LogP contribution in [0.4, 0.5) is 0 Å². The highest BCUT2D eigenvalue weighted by Crippen LogP contribution is 2.10. The van der Waals surface area contributed by atoms with Crippen molar-refractivity contribution in [2.24, 2.45) is 5.92 Å². The van der Waals surface area contributed by atoms with E-state index in [1.165, 1.54) is 0 Å². The van der Waals surface area contributed by atoms with Gasteiger partial charge in [0.25, 0.3) is 5.91 Å². The van der Waals surface area contributed by atoms with Crippen molar-refractivity contribution in [3.63, 3.8) is 0 Å². The van der Waals surface area contributed by atoms with E-state index >= 15 is 0 Å². The molecule has 0 atom stereocenters. The third-order valence-corrected chi connectivity index (χ3v) is 4.02. The summed E-state index contributed by atoms with van der Waals surface area (Å²) in [5, 5.41) is 8.11. The van der Waals surface area contributed by atoms with Crippen molar-refractivity contribution < 1.29 is 4.79 Å². The van der Waals surface area contributed by atoms with Gasteiger partial charge in [-0.2, -0.15) is 0 Å². The molecule has 2 aromatic rings. The topological polar surface area (TPSA) is 54.3 Å². The number of benzene rings is 1. The van der Waals surface area contributed by atoms with Crippen LogP contribution in [0.2, 0.25) is 0 Å². The van der Waals surface area contributed by atoms with Crippen LogP contribution in [0.3, 0.4) is 0 Å². The number of rotatable bonds is 4. The van der Waals surface area contributed by atoms with Gasteiger partial charge in [-0.3, -0.25) is 9.69 Å². The Labute approximate surface area is 136 Å². The minimum atomic E-state index is -0.0311. The molecule has 0 radical (unpaired) electrons. The molecule has 1 aliphatic rings. The predicted octanol–water partition coefficient (Wildman–Crippen LogP) is 1.68. The van der Waals surface area contributed by atoms with E-state index in [0.29, 0.717) is 11.6 Å². The van der Waals surface area contributed by atoms with E-state index in [-0.39, 0.29) is 5.91 Å². The van der Waals surface area contributed by atoms with Gasteiger partial charge < -0.3 is 4.90 Å². The molecule has 0 unspecified atom stereocenters. The Morgan fingerprint density at radius 1 is 1.13 bits per heavy atom. The van der Waals surface area contributed by atoms with Crippen LogP contribution < -0.4 is 0 Å². The van der Waals surface area contributed by atoms with Crippen LogP contribution >= 0.6 is 0 Å². The number of amides is 1. The van der Waals surface area contributed by atoms with E-state index in [1.54, 1.807) is 10.9 Å². The van der Waals surface area contributed by atoms with Gasteiger partial charge in [-0.05, 0) is 18.1 Å². The van der Waals surface area contributed by atoms with Crippen LogP contribution in [0.15, 0.2) is 36.5 Å². The second kappa shape index (κ2) is 6.91. The average molecular weight is 313 g/mol. The fourth-order valence-electron chi connectivity index (χ4n) is 2.88. The van der Waals surface area contributed by atoms with Crippen LogP contribution in [-0.2, 0) is 0 Å². The minimum Gasteiger partial charge on any atom is -0.335 e. The molecule has 1 saturated heterocycles. The molecule has 1 aliphatic heterocycles. The van der Waals surface area contributed by atoms with Crippen molar-refractivity contribution >= 4 is 5.91 Å². The Bertz CT molecular complexity index is 644. The summed E-state index contributed by atoms with van der Waals surface area (Å²) in [7, 11) is 0. The van der Waals surface area contributed by atoms with E-state index in [0.717, 1.165) is 38.4 Å². The SMILES string of the molecule is CC(C)CN1CCN(C(=O)c2cn(-c3ccccc3)nn2)CC1. The van der Waals surface area contributed by atoms with E-state index in [1.807, 2.05) is 35.2 Å². The van der Waals surface area contributed by atoms with Gasteiger partial charge in [0.15, 0.2) is 5.69 Å². The number of hydrogen-bond acceptors (Lipinski definition) is 4. The zero-order valence-corrected chi connectivity index (χ0v) is 13.7. The van der Waals surface area contributed by atoms with Gasteiger partial charge in [0.1, 0.15) is 0 Å². The van der Waals surface area contributed by atoms with Crippen molar-refractivity contribution in [1.29, 1.82) is 0 Å². The summed E-state index contributed by atoms with van der Waals surface area (Å²) in [6.45, 7) is 8.89. The van der Waals surface area contributed by atoms with E-state index in [4.69, 9.17) is 0 Å². The quantitative estimate of drug-likeness (QED) is 0.862. The number of hydrogen-bond donors (Lipinski definition) is 0. The van der Waals surface area contributed by atoms with Crippen LogP contribution in [0.5, 0.6) is 0 Å². The Hall–Kier alpha value is -2.21. The summed E-state index contributed by atoms with van der Waals surface area (Å²) in [5.41, 5.74) is 1.31. The molecule has 23 heavy (non-hydrogen) atoms. The molecule has 1 aromatic heterocycles. The van der Waals surface area contributed by atoms with Crippen molar-refractivity contribution in [1.82, 2.24) is 24.8 Å². The Balaban J connectivity index is 1.62. The normalized spacial score (nSPS) is 16.0. The summed E-state index contributed by atoms with van der Waals surface area (Å²) in [6.07, 6.45) is 1.71. The average Bonchev–Trinajstić information content (AvgIpc) is 3.05. The third-order valence-electron chi connectivity index (χ3n) is 4.02. The van der Waals surface area contributed by atoms with Gasteiger partial charge in [-0.15, -0.1) is 5.10 Å². The van der Waals surface area contributed by atoms with Gasteiger partial charge in [-0.1, -0.05) is 37.3 Å². The molecule has 3 rings (SSSR count). The highest BCUT2D eigenvalue weighted by Gasteiger charge is 2.24. The monoisotopic (exact) mass is 313 g/mol. The fourth-order valence-corrected chi connectivity index (χ4v) is 2.88. The molecule has 0 saturated carbocycles. The number of nitrogens with zero attached hydrogens (tertiary/aromatic N) is 5. The lowest BCUT2D eigenvalue weighted by Gasteiger charge is -2.35. The smallest absolute Gasteiger partial charge is 0.276 e. The molecule has 6 heteroatoms. The van der Waals surface area contributed by atoms with Crippen LogP contribution in [0.1, 0.15) is 24.3 Å². The van der Waals surface area contributed by atoms with Crippen LogP contribution in [-0.4, -0.2) is 63.4 Å². The maximum atomic E-state index is 12.6. The molecule has 1 fully saturated rings. The molecule has 0 bridgehead atoms. The van der Waals surface area contributed by atoms with Crippen LogP contribution in [0, 0.1) is 5.92 Å². The molecule has 1 aromatic carbocycles. The largest absolute Gasteiger partial charge is 0.335 e. The van der Waals surface area contributed by atoms with Crippen molar-refractivity contribution in [2.75, 3.05) is 32.7 Å². The number of carbonyl (C=O) groups excluding carboxylic acids is 1. The highest BCUT2D eigenvalue weighted by molar-refractivity contribution is 5.92. The highest BCUT2D eigenvalue weighted by atomic mass is 16.2. The zero-order valence-electron chi connectivity index (χ0n) is 13.7. The van der Waals surface area contributed by atoms with E-state index < -0.39 is 0 Å². The standard InChI is InChI=1S/C17H23N5O/c1-14(2)12-20-8-10-21(11-9-20)17(23)16-13-22(19-18-16)15-6-4-3-5-7-15/h3-7,13-14H,8-12H2,1-2H3. The predicted molar refractivity (Wildman–Crippen MR) is 88.5 cm³/mol. The zero-order chi connectivity index (χ0) is 16.2. The molecule has 6 nitrogen and oxygen atoms in total. The molecular weight excluding hydrogens is 290 g/mol. The lowest BCUT2D eigenvalue weighted by molar-refractivity contribution is 0.0618. The second-order valence-electron chi connectivity index (χ2n) is 6.37. The maximum absolute atomic E-state index is 12.6. The maximum Gasteiger partial charge on any atom is 0.276 e. The van der Waals surface area contributed by atoms with Gasteiger partial charge >= 0.3 is 0 Å². The summed E-state index contributed by atoms with van der Waals surface area (Å²) in [6, 6.07) is 9.70. The van der Waals surface area contributed by atoms with Gasteiger partial charge in [0, 0.05) is 32.7 Å². The number of piperazine rings is 1. The van der Waals surface area contributed by atoms with E-state index in [9.17, 15) is 4.79 Å². The fraction of sp³-hybridized carbons (Fsp3) is 0.471. The van der Waals surface area contributed by atoms with Crippen molar-refractivity contribution in [3.05, 3.63) is 42.2 Å². The van der Waals surface area contributed by atoms with Gasteiger partial charge in [0.05, 0.1) is 11.9 Å². The molecular formula is C17H23N5O. The first-order valence-corrected chi connectivity index (χ1v) is 8.13. The Morgan fingerprint density at radius 2 is 1.83 bits per heavy atom. The molecule has 0 aliphatic carbocycles. The number of carbonyl (C=O) groups is 1. The lowest BCUT2D eigenvalue weighted by atomic mass is 10.2. The minimum absolute atomic E-state index is 0.0311. The third kappa shape index (κ3) is 3.76. The molecule has 2 heterocycles. The number of para-hydroxylation sites is 1. The molecule has 0 N–H and O–H groups in total. The Morgan fingerprint density at radius 3 is 2.48 bits per heavy atom. The first-order chi connectivity index (χ1) is 11.1. The lowest BCUT2D eigenvalue weighted by Crippen LogP contribution is -2.49.